The van der Waals surface area contributed by atoms with Crippen LogP contribution in [0.1, 0.15) is 36.4 Å². The van der Waals surface area contributed by atoms with Crippen LogP contribution in [-0.4, -0.2) is 48.1 Å². The van der Waals surface area contributed by atoms with Crippen LogP contribution in [0.25, 0.3) is 0 Å². The second kappa shape index (κ2) is 6.56. The molecule has 0 spiro atoms. The zero-order valence-corrected chi connectivity index (χ0v) is 13.6. The van der Waals surface area contributed by atoms with Gasteiger partial charge in [0.15, 0.2) is 0 Å². The van der Waals surface area contributed by atoms with Crippen molar-refractivity contribution < 1.29 is 0 Å². The first-order valence-corrected chi connectivity index (χ1v) is 8.83. The topological polar surface area (TPSA) is 18.5 Å². The second-order valence-corrected chi connectivity index (χ2v) is 7.49. The summed E-state index contributed by atoms with van der Waals surface area (Å²) in [7, 11) is 0. The fraction of sp³-hybridized carbons (Fsp3) is 0.750. The molecular weight excluding hydrogens is 266 g/mol. The van der Waals surface area contributed by atoms with Crippen LogP contribution in [0.2, 0.25) is 0 Å². The SMILES string of the molecule is CCN1CCN(Cc2ccc(CNC3CC3)s2)CC1C. The molecule has 112 valence electrons. The van der Waals surface area contributed by atoms with Crippen LogP contribution < -0.4 is 5.32 Å². The molecule has 3 nitrogen and oxygen atoms in total. The van der Waals surface area contributed by atoms with Crippen molar-refractivity contribution in [2.24, 2.45) is 0 Å². The lowest BCUT2D eigenvalue weighted by Gasteiger charge is -2.39. The molecule has 1 saturated carbocycles. The molecule has 0 aromatic carbocycles. The molecule has 0 bridgehead atoms. The van der Waals surface area contributed by atoms with E-state index >= 15 is 0 Å². The van der Waals surface area contributed by atoms with Crippen LogP contribution in [0.3, 0.4) is 0 Å². The highest BCUT2D eigenvalue weighted by atomic mass is 32.1. The summed E-state index contributed by atoms with van der Waals surface area (Å²) in [4.78, 5) is 8.21. The molecule has 1 aromatic rings. The molecule has 1 saturated heterocycles. The maximum atomic E-state index is 3.60. The van der Waals surface area contributed by atoms with Crippen molar-refractivity contribution in [2.75, 3.05) is 26.2 Å². The van der Waals surface area contributed by atoms with Crippen LogP contribution in [0.5, 0.6) is 0 Å². The van der Waals surface area contributed by atoms with Gasteiger partial charge in [0.05, 0.1) is 0 Å². The van der Waals surface area contributed by atoms with E-state index in [1.807, 2.05) is 11.3 Å². The molecule has 3 rings (SSSR count). The molecule has 1 unspecified atom stereocenters. The Labute approximate surface area is 127 Å². The number of piperazine rings is 1. The van der Waals surface area contributed by atoms with Crippen molar-refractivity contribution in [3.63, 3.8) is 0 Å². The van der Waals surface area contributed by atoms with Crippen LogP contribution in [0.4, 0.5) is 0 Å². The Bertz CT molecular complexity index is 427. The predicted octanol–water partition coefficient (Wildman–Crippen LogP) is 2.53. The monoisotopic (exact) mass is 293 g/mol. The van der Waals surface area contributed by atoms with E-state index in [9.17, 15) is 0 Å². The van der Waals surface area contributed by atoms with E-state index in [0.29, 0.717) is 6.04 Å². The largest absolute Gasteiger partial charge is 0.309 e. The molecule has 1 atom stereocenters. The molecule has 20 heavy (non-hydrogen) atoms. The lowest BCUT2D eigenvalue weighted by atomic mass is 10.2. The molecule has 0 amide bonds. The van der Waals surface area contributed by atoms with E-state index in [-0.39, 0.29) is 0 Å². The summed E-state index contributed by atoms with van der Waals surface area (Å²) in [6.07, 6.45) is 2.75. The number of rotatable bonds is 6. The van der Waals surface area contributed by atoms with Crippen LogP contribution >= 0.6 is 11.3 Å². The van der Waals surface area contributed by atoms with E-state index in [0.717, 1.165) is 19.1 Å². The van der Waals surface area contributed by atoms with Gasteiger partial charge < -0.3 is 5.32 Å². The number of hydrogen-bond donors (Lipinski definition) is 1. The zero-order chi connectivity index (χ0) is 13.9. The van der Waals surface area contributed by atoms with Gasteiger partial charge in [0.1, 0.15) is 0 Å². The highest BCUT2D eigenvalue weighted by Crippen LogP contribution is 2.23. The van der Waals surface area contributed by atoms with E-state index in [2.05, 4.69) is 41.1 Å². The van der Waals surface area contributed by atoms with Gasteiger partial charge in [-0.1, -0.05) is 6.92 Å². The van der Waals surface area contributed by atoms with Gasteiger partial charge in [-0.3, -0.25) is 9.80 Å². The quantitative estimate of drug-likeness (QED) is 0.869. The molecule has 2 aliphatic rings. The minimum atomic E-state index is 0.699. The van der Waals surface area contributed by atoms with Gasteiger partial charge in [-0.05, 0) is 38.4 Å². The Morgan fingerprint density at radius 3 is 2.75 bits per heavy atom. The average Bonchev–Trinajstić information content (AvgIpc) is 3.17. The summed E-state index contributed by atoms with van der Waals surface area (Å²) in [6.45, 7) is 11.7. The summed E-state index contributed by atoms with van der Waals surface area (Å²) < 4.78 is 0. The summed E-state index contributed by atoms with van der Waals surface area (Å²) in [5, 5.41) is 3.60. The number of nitrogens with one attached hydrogen (secondary N) is 1. The van der Waals surface area contributed by atoms with Crippen LogP contribution in [-0.2, 0) is 13.1 Å². The summed E-state index contributed by atoms with van der Waals surface area (Å²) in [5.41, 5.74) is 0. The smallest absolute Gasteiger partial charge is 0.0329 e. The van der Waals surface area contributed by atoms with Crippen molar-refractivity contribution in [1.82, 2.24) is 15.1 Å². The normalized spacial score (nSPS) is 25.2. The second-order valence-electron chi connectivity index (χ2n) is 6.24. The van der Waals surface area contributed by atoms with E-state index in [1.54, 1.807) is 0 Å². The molecule has 1 aliphatic heterocycles. The van der Waals surface area contributed by atoms with Crippen LogP contribution in [0, 0.1) is 0 Å². The van der Waals surface area contributed by atoms with Gasteiger partial charge in [-0.15, -0.1) is 11.3 Å². The van der Waals surface area contributed by atoms with Gasteiger partial charge in [0.25, 0.3) is 0 Å². The number of thiophene rings is 1. The molecule has 1 N–H and O–H groups in total. The average molecular weight is 293 g/mol. The van der Waals surface area contributed by atoms with Crippen molar-refractivity contribution in [1.29, 1.82) is 0 Å². The molecule has 0 radical (unpaired) electrons. The molecular formula is C16H27N3S. The van der Waals surface area contributed by atoms with E-state index in [4.69, 9.17) is 0 Å². The third-order valence-corrected chi connectivity index (χ3v) is 5.56. The van der Waals surface area contributed by atoms with Gasteiger partial charge in [0, 0.05) is 54.6 Å². The minimum absolute atomic E-state index is 0.699. The van der Waals surface area contributed by atoms with Crippen molar-refractivity contribution in [3.05, 3.63) is 21.9 Å². The fourth-order valence-electron chi connectivity index (χ4n) is 3.04. The Morgan fingerprint density at radius 1 is 1.25 bits per heavy atom. The Morgan fingerprint density at radius 2 is 2.05 bits per heavy atom. The fourth-order valence-corrected chi connectivity index (χ4v) is 4.05. The first-order valence-electron chi connectivity index (χ1n) is 8.02. The number of hydrogen-bond acceptors (Lipinski definition) is 4. The molecule has 2 fully saturated rings. The van der Waals surface area contributed by atoms with Crippen molar-refractivity contribution >= 4 is 11.3 Å². The molecule has 1 aromatic heterocycles. The Hall–Kier alpha value is -0.420. The lowest BCUT2D eigenvalue weighted by Crippen LogP contribution is -2.51. The maximum Gasteiger partial charge on any atom is 0.0329 e. The standard InChI is InChI=1S/C16H27N3S/c1-3-19-9-8-18(11-13(19)2)12-16-7-6-15(20-16)10-17-14-4-5-14/h6-7,13-14,17H,3-5,8-12H2,1-2H3. The molecule has 1 aliphatic carbocycles. The predicted molar refractivity (Wildman–Crippen MR) is 86.2 cm³/mol. The van der Waals surface area contributed by atoms with Crippen molar-refractivity contribution in [3.8, 4) is 0 Å². The van der Waals surface area contributed by atoms with E-state index in [1.165, 1.54) is 48.8 Å². The summed E-state index contributed by atoms with van der Waals surface area (Å²) in [6, 6.07) is 6.14. The van der Waals surface area contributed by atoms with Gasteiger partial charge >= 0.3 is 0 Å². The van der Waals surface area contributed by atoms with Gasteiger partial charge in [-0.2, -0.15) is 0 Å². The third-order valence-electron chi connectivity index (χ3n) is 4.49. The minimum Gasteiger partial charge on any atom is -0.309 e. The maximum absolute atomic E-state index is 3.60. The number of nitrogens with zero attached hydrogens (tertiary/aromatic N) is 2. The van der Waals surface area contributed by atoms with Crippen molar-refractivity contribution in [2.45, 2.75) is 51.9 Å². The lowest BCUT2D eigenvalue weighted by molar-refractivity contribution is 0.0841. The van der Waals surface area contributed by atoms with E-state index < -0.39 is 0 Å². The first-order chi connectivity index (χ1) is 9.74. The van der Waals surface area contributed by atoms with Gasteiger partial charge in [-0.25, -0.2) is 0 Å². The highest BCUT2D eigenvalue weighted by molar-refractivity contribution is 7.11. The Balaban J connectivity index is 1.47. The first kappa shape index (κ1) is 14.5. The molecule has 2 heterocycles. The highest BCUT2D eigenvalue weighted by Gasteiger charge is 2.23. The zero-order valence-electron chi connectivity index (χ0n) is 12.8. The summed E-state index contributed by atoms with van der Waals surface area (Å²) >= 11 is 1.99. The van der Waals surface area contributed by atoms with Gasteiger partial charge in [0.2, 0.25) is 0 Å². The number of likely N-dealkylation sites (N-methyl/N-ethyl adjacent to an activating group) is 1. The van der Waals surface area contributed by atoms with Crippen LogP contribution in [0.15, 0.2) is 12.1 Å². The molecule has 4 heteroatoms. The third kappa shape index (κ3) is 3.82. The Kier molecular flexibility index (Phi) is 4.76. The summed E-state index contributed by atoms with van der Waals surface area (Å²) in [5.74, 6) is 0.